The van der Waals surface area contributed by atoms with E-state index in [0.717, 1.165) is 18.8 Å². The molecule has 5 rings (SSSR count). The van der Waals surface area contributed by atoms with Crippen molar-refractivity contribution in [2.24, 2.45) is 41.4 Å². The minimum atomic E-state index is -1.77. The van der Waals surface area contributed by atoms with E-state index in [1.54, 1.807) is 0 Å². The summed E-state index contributed by atoms with van der Waals surface area (Å²) in [6, 6.07) is 0. The second kappa shape index (κ2) is 7.70. The van der Waals surface area contributed by atoms with Crippen LogP contribution in [0.3, 0.4) is 0 Å². The first-order chi connectivity index (χ1) is 13.1. The number of carbonyl (C=O) groups excluding carboxylic acids is 1. The number of rotatable bonds is 1. The summed E-state index contributed by atoms with van der Waals surface area (Å²) in [7, 11) is 0. The Morgan fingerprint density at radius 3 is 2.22 bits per heavy atom. The van der Waals surface area contributed by atoms with Gasteiger partial charge in [0.05, 0.1) is 18.1 Å². The maximum absolute atomic E-state index is 12.6. The molecule has 5 fully saturated rings. The summed E-state index contributed by atoms with van der Waals surface area (Å²) in [4.78, 5) is 12.3. The van der Waals surface area contributed by atoms with Crippen molar-refractivity contribution >= 4 is 28.2 Å². The normalized spacial score (nSPS) is 52.5. The molecule has 0 bridgehead atoms. The van der Waals surface area contributed by atoms with Crippen LogP contribution in [-0.2, 0) is 24.5 Å². The average Bonchev–Trinajstić information content (AvgIpc) is 2.83. The molecule has 4 saturated carbocycles. The molecule has 4 nitrogen and oxygen atoms in total. The highest BCUT2D eigenvalue weighted by molar-refractivity contribution is 7.75. The third-order valence-corrected chi connectivity index (χ3v) is 9.70. The Kier molecular flexibility index (Phi) is 5.42. The van der Waals surface area contributed by atoms with E-state index in [-0.39, 0.29) is 29.3 Å². The lowest BCUT2D eigenvalue weighted by Crippen LogP contribution is -2.55. The van der Waals surface area contributed by atoms with Crippen molar-refractivity contribution in [3.63, 3.8) is 0 Å². The van der Waals surface area contributed by atoms with Crippen LogP contribution < -0.4 is 0 Å². The minimum absolute atomic E-state index is 0.0203. The van der Waals surface area contributed by atoms with Gasteiger partial charge in [0.2, 0.25) is 5.24 Å². The zero-order chi connectivity index (χ0) is 18.5. The van der Waals surface area contributed by atoms with Crippen LogP contribution in [0, 0.1) is 41.4 Å². The third-order valence-electron chi connectivity index (χ3n) is 8.64. The van der Waals surface area contributed by atoms with Gasteiger partial charge in [0.1, 0.15) is 0 Å². The Labute approximate surface area is 169 Å². The second-order valence-electron chi connectivity index (χ2n) is 9.69. The largest absolute Gasteiger partial charge is 0.305 e. The van der Waals surface area contributed by atoms with Crippen LogP contribution >= 0.6 is 11.6 Å². The first-order valence-electron chi connectivity index (χ1n) is 11.1. The van der Waals surface area contributed by atoms with Gasteiger partial charge in [-0.15, -0.1) is 0 Å². The van der Waals surface area contributed by atoms with E-state index in [1.165, 1.54) is 57.8 Å². The summed E-state index contributed by atoms with van der Waals surface area (Å²) in [5.41, 5.74) is 0. The molecule has 0 aromatic carbocycles. The van der Waals surface area contributed by atoms with Crippen LogP contribution in [0.2, 0.25) is 0 Å². The molecule has 5 aliphatic rings. The van der Waals surface area contributed by atoms with Gasteiger partial charge in [-0.25, -0.2) is 0 Å². The average molecular weight is 415 g/mol. The predicted octanol–water partition coefficient (Wildman–Crippen LogP) is 4.77. The molecule has 1 saturated heterocycles. The standard InChI is InChI=1S/C21H31ClO4S/c22-21(23)16-11-13-6-2-4-8-15(13)19-18-14-7-3-1-5-12(14)9-10-17(18)25-27(24)26-20(16)19/h12-20H,1-11H2. The lowest BCUT2D eigenvalue weighted by atomic mass is 9.51. The fraction of sp³-hybridized carbons (Fsp3) is 0.952. The van der Waals surface area contributed by atoms with Crippen molar-refractivity contribution < 1.29 is 17.4 Å². The van der Waals surface area contributed by atoms with Crippen LogP contribution in [0.15, 0.2) is 0 Å². The van der Waals surface area contributed by atoms with Gasteiger partial charge in [0, 0.05) is 0 Å². The molecule has 1 heterocycles. The Balaban J connectivity index is 1.56. The fourth-order valence-corrected chi connectivity index (χ4v) is 8.80. The van der Waals surface area contributed by atoms with E-state index in [0.29, 0.717) is 23.7 Å². The van der Waals surface area contributed by atoms with Gasteiger partial charge in [-0.2, -0.15) is 4.21 Å². The highest BCUT2D eigenvalue weighted by Gasteiger charge is 2.58. The molecule has 0 radical (unpaired) electrons. The molecule has 6 heteroatoms. The Morgan fingerprint density at radius 1 is 0.815 bits per heavy atom. The Morgan fingerprint density at radius 2 is 1.48 bits per heavy atom. The van der Waals surface area contributed by atoms with E-state index in [4.69, 9.17) is 20.0 Å². The van der Waals surface area contributed by atoms with Crippen LogP contribution in [-0.4, -0.2) is 21.7 Å². The van der Waals surface area contributed by atoms with Gasteiger partial charge in [-0.1, -0.05) is 38.5 Å². The first-order valence-corrected chi connectivity index (χ1v) is 12.5. The van der Waals surface area contributed by atoms with E-state index >= 15 is 0 Å². The van der Waals surface area contributed by atoms with Crippen LogP contribution in [0.1, 0.15) is 70.6 Å². The molecule has 10 atom stereocenters. The molecule has 152 valence electrons. The van der Waals surface area contributed by atoms with Gasteiger partial charge in [-0.3, -0.25) is 13.2 Å². The van der Waals surface area contributed by atoms with Crippen molar-refractivity contribution in [1.29, 1.82) is 0 Å². The summed E-state index contributed by atoms with van der Waals surface area (Å²) >= 11 is 4.30. The van der Waals surface area contributed by atoms with Crippen LogP contribution in [0.25, 0.3) is 0 Å². The van der Waals surface area contributed by atoms with Crippen LogP contribution in [0.4, 0.5) is 0 Å². The van der Waals surface area contributed by atoms with Gasteiger partial charge in [0.15, 0.2) is 0 Å². The third kappa shape index (κ3) is 3.35. The van der Waals surface area contributed by atoms with Gasteiger partial charge >= 0.3 is 11.4 Å². The number of hydrogen-bond acceptors (Lipinski definition) is 4. The predicted molar refractivity (Wildman–Crippen MR) is 104 cm³/mol. The number of fused-ring (bicyclic) bond motifs is 7. The summed E-state index contributed by atoms with van der Waals surface area (Å²) in [6.45, 7) is 0. The monoisotopic (exact) mass is 414 g/mol. The Hall–Kier alpha value is 0.0300. The lowest BCUT2D eigenvalue weighted by Gasteiger charge is -2.54. The fourth-order valence-electron chi connectivity index (χ4n) is 7.67. The quantitative estimate of drug-likeness (QED) is 0.579. The Bertz CT molecular complexity index is 613. The molecule has 27 heavy (non-hydrogen) atoms. The van der Waals surface area contributed by atoms with E-state index in [9.17, 15) is 9.00 Å². The molecule has 0 N–H and O–H groups in total. The van der Waals surface area contributed by atoms with Gasteiger partial charge in [-0.05, 0) is 79.2 Å². The lowest BCUT2D eigenvalue weighted by molar-refractivity contribution is -0.133. The highest BCUT2D eigenvalue weighted by atomic mass is 35.5. The van der Waals surface area contributed by atoms with E-state index in [2.05, 4.69) is 0 Å². The molecule has 0 amide bonds. The smallest absolute Gasteiger partial charge is 0.281 e. The van der Waals surface area contributed by atoms with E-state index < -0.39 is 11.4 Å². The van der Waals surface area contributed by atoms with Crippen LogP contribution in [0.5, 0.6) is 0 Å². The van der Waals surface area contributed by atoms with Crippen molar-refractivity contribution in [3.8, 4) is 0 Å². The first kappa shape index (κ1) is 19.0. The summed E-state index contributed by atoms with van der Waals surface area (Å²) < 4.78 is 24.5. The topological polar surface area (TPSA) is 52.6 Å². The van der Waals surface area contributed by atoms with Crippen molar-refractivity contribution in [3.05, 3.63) is 0 Å². The zero-order valence-electron chi connectivity index (χ0n) is 15.9. The highest BCUT2D eigenvalue weighted by Crippen LogP contribution is 2.58. The molecule has 0 aromatic heterocycles. The number of hydrogen-bond donors (Lipinski definition) is 0. The van der Waals surface area contributed by atoms with Crippen molar-refractivity contribution in [1.82, 2.24) is 0 Å². The number of halogens is 1. The molecule has 4 aliphatic carbocycles. The maximum atomic E-state index is 12.6. The second-order valence-corrected chi connectivity index (χ2v) is 10.9. The van der Waals surface area contributed by atoms with Crippen molar-refractivity contribution in [2.45, 2.75) is 82.8 Å². The van der Waals surface area contributed by atoms with Gasteiger partial charge < -0.3 is 0 Å². The number of carbonyl (C=O) groups is 1. The van der Waals surface area contributed by atoms with E-state index in [1.807, 2.05) is 0 Å². The molecular weight excluding hydrogens is 384 g/mol. The molecule has 10 unspecified atom stereocenters. The summed E-state index contributed by atoms with van der Waals surface area (Å²) in [6.07, 6.45) is 12.8. The molecule has 0 aromatic rings. The maximum Gasteiger partial charge on any atom is 0.305 e. The minimum Gasteiger partial charge on any atom is -0.281 e. The van der Waals surface area contributed by atoms with Crippen molar-refractivity contribution in [2.75, 3.05) is 0 Å². The van der Waals surface area contributed by atoms with Gasteiger partial charge in [0.25, 0.3) is 0 Å². The summed E-state index contributed by atoms with van der Waals surface area (Å²) in [5.74, 6) is 2.87. The molecule has 1 aliphatic heterocycles. The zero-order valence-corrected chi connectivity index (χ0v) is 17.5. The molecule has 0 spiro atoms. The summed E-state index contributed by atoms with van der Waals surface area (Å²) in [5, 5.41) is -0.305. The SMILES string of the molecule is O=C(Cl)C1CC2CCCCC2C2C1OS(=O)OC1CCC3CCCCC3C12. The molecular formula is C21H31ClO4S.